The SMILES string of the molecule is FC(F)(F)CNc1nc2cnc(Cl)nc2n1Cc1ccc(-c2nc(C(F)(F)F)cn2C2CCC2)cc1. The minimum atomic E-state index is -4.56. The second-order valence-electron chi connectivity index (χ2n) is 8.47. The zero-order chi connectivity index (χ0) is 25.7. The van der Waals surface area contributed by atoms with Crippen molar-refractivity contribution < 1.29 is 26.3 Å². The Hall–Kier alpha value is -3.35. The predicted molar refractivity (Wildman–Crippen MR) is 120 cm³/mol. The molecule has 0 spiro atoms. The lowest BCUT2D eigenvalue weighted by molar-refractivity contribution is -0.141. The second-order valence-corrected chi connectivity index (χ2v) is 8.81. The highest BCUT2D eigenvalue weighted by atomic mass is 35.5. The Bertz CT molecular complexity index is 1390. The first-order valence-electron chi connectivity index (χ1n) is 10.9. The number of fused-ring (bicyclic) bond motifs is 1. The molecule has 1 fully saturated rings. The summed E-state index contributed by atoms with van der Waals surface area (Å²) in [5.41, 5.74) is 0.690. The van der Waals surface area contributed by atoms with Gasteiger partial charge in [-0.3, -0.25) is 4.57 Å². The number of benzene rings is 1. The number of hydrogen-bond acceptors (Lipinski definition) is 5. The summed E-state index contributed by atoms with van der Waals surface area (Å²) in [7, 11) is 0. The molecule has 1 aromatic carbocycles. The van der Waals surface area contributed by atoms with Crippen LogP contribution >= 0.6 is 11.6 Å². The average Bonchev–Trinajstić information content (AvgIpc) is 3.33. The molecule has 0 unspecified atom stereocenters. The van der Waals surface area contributed by atoms with Crippen molar-refractivity contribution in [1.82, 2.24) is 29.1 Å². The van der Waals surface area contributed by atoms with Gasteiger partial charge in [0, 0.05) is 17.8 Å². The molecule has 0 atom stereocenters. The van der Waals surface area contributed by atoms with Crippen molar-refractivity contribution in [1.29, 1.82) is 0 Å². The largest absolute Gasteiger partial charge is 0.434 e. The van der Waals surface area contributed by atoms with E-state index in [4.69, 9.17) is 11.6 Å². The van der Waals surface area contributed by atoms with Crippen LogP contribution in [0.1, 0.15) is 36.6 Å². The molecule has 190 valence electrons. The van der Waals surface area contributed by atoms with Crippen molar-refractivity contribution in [3.8, 4) is 11.4 Å². The average molecular weight is 530 g/mol. The molecule has 1 N–H and O–H groups in total. The van der Waals surface area contributed by atoms with Gasteiger partial charge in [-0.1, -0.05) is 24.3 Å². The van der Waals surface area contributed by atoms with Gasteiger partial charge >= 0.3 is 12.4 Å². The summed E-state index contributed by atoms with van der Waals surface area (Å²) in [6.07, 6.45) is -4.16. The highest BCUT2D eigenvalue weighted by Crippen LogP contribution is 2.38. The minimum absolute atomic E-state index is 0.0349. The molecule has 1 saturated carbocycles. The van der Waals surface area contributed by atoms with E-state index in [-0.39, 0.29) is 40.8 Å². The van der Waals surface area contributed by atoms with Gasteiger partial charge in [-0.05, 0) is 36.4 Å². The maximum absolute atomic E-state index is 13.3. The fraction of sp³-hybridized carbons (Fsp3) is 0.364. The van der Waals surface area contributed by atoms with Gasteiger partial charge in [0.25, 0.3) is 0 Å². The fourth-order valence-corrected chi connectivity index (χ4v) is 4.12. The highest BCUT2D eigenvalue weighted by molar-refractivity contribution is 6.28. The van der Waals surface area contributed by atoms with Crippen LogP contribution in [0.3, 0.4) is 0 Å². The Balaban J connectivity index is 1.46. The van der Waals surface area contributed by atoms with Crippen LogP contribution in [0.2, 0.25) is 5.28 Å². The second kappa shape index (κ2) is 8.95. The third-order valence-corrected chi connectivity index (χ3v) is 6.13. The third-order valence-electron chi connectivity index (χ3n) is 5.95. The molecule has 0 radical (unpaired) electrons. The molecule has 0 bridgehead atoms. The molecular formula is C22H18ClF6N7. The van der Waals surface area contributed by atoms with Crippen LogP contribution in [0.5, 0.6) is 0 Å². The van der Waals surface area contributed by atoms with E-state index in [2.05, 4.69) is 25.3 Å². The van der Waals surface area contributed by atoms with Crippen LogP contribution in [-0.4, -0.2) is 41.8 Å². The van der Waals surface area contributed by atoms with E-state index in [1.54, 1.807) is 28.8 Å². The van der Waals surface area contributed by atoms with E-state index in [0.717, 1.165) is 25.5 Å². The van der Waals surface area contributed by atoms with Crippen LogP contribution in [0.25, 0.3) is 22.6 Å². The van der Waals surface area contributed by atoms with Crippen LogP contribution < -0.4 is 5.32 Å². The summed E-state index contributed by atoms with van der Waals surface area (Å²) in [6, 6.07) is 6.58. The van der Waals surface area contributed by atoms with Crippen molar-refractivity contribution in [2.24, 2.45) is 0 Å². The lowest BCUT2D eigenvalue weighted by atomic mass is 9.92. The van der Waals surface area contributed by atoms with Crippen molar-refractivity contribution in [2.45, 2.75) is 44.2 Å². The quantitative estimate of drug-likeness (QED) is 0.241. The van der Waals surface area contributed by atoms with Crippen LogP contribution in [0.4, 0.5) is 32.3 Å². The minimum Gasteiger partial charge on any atom is -0.346 e. The summed E-state index contributed by atoms with van der Waals surface area (Å²) in [5, 5.41) is 2.17. The topological polar surface area (TPSA) is 73.5 Å². The van der Waals surface area contributed by atoms with E-state index in [1.807, 2.05) is 0 Å². The molecule has 0 amide bonds. The Morgan fingerprint density at radius 3 is 2.33 bits per heavy atom. The number of halogens is 7. The molecule has 0 saturated heterocycles. The summed E-state index contributed by atoms with van der Waals surface area (Å²) in [4.78, 5) is 15.9. The molecule has 1 aliphatic carbocycles. The Morgan fingerprint density at radius 2 is 1.72 bits per heavy atom. The molecule has 5 rings (SSSR count). The zero-order valence-electron chi connectivity index (χ0n) is 18.4. The molecule has 0 aliphatic heterocycles. The number of nitrogens with one attached hydrogen (secondary N) is 1. The number of imidazole rings is 2. The highest BCUT2D eigenvalue weighted by Gasteiger charge is 2.36. The number of rotatable bonds is 6. The number of nitrogens with zero attached hydrogens (tertiary/aromatic N) is 6. The van der Waals surface area contributed by atoms with E-state index < -0.39 is 24.6 Å². The Morgan fingerprint density at radius 1 is 1.00 bits per heavy atom. The van der Waals surface area contributed by atoms with Gasteiger partial charge in [-0.25, -0.2) is 15.0 Å². The first-order chi connectivity index (χ1) is 17.0. The van der Waals surface area contributed by atoms with Gasteiger partial charge in [0.15, 0.2) is 11.3 Å². The van der Waals surface area contributed by atoms with E-state index >= 15 is 0 Å². The van der Waals surface area contributed by atoms with E-state index in [1.165, 1.54) is 10.8 Å². The fourth-order valence-electron chi connectivity index (χ4n) is 3.99. The van der Waals surface area contributed by atoms with Gasteiger partial charge in [0.2, 0.25) is 11.2 Å². The van der Waals surface area contributed by atoms with Crippen molar-refractivity contribution in [3.05, 3.63) is 53.2 Å². The van der Waals surface area contributed by atoms with Gasteiger partial charge in [-0.2, -0.15) is 31.3 Å². The molecule has 7 nitrogen and oxygen atoms in total. The van der Waals surface area contributed by atoms with Crippen LogP contribution in [0, 0.1) is 0 Å². The first kappa shape index (κ1) is 24.3. The number of anilines is 1. The first-order valence-corrected chi connectivity index (χ1v) is 11.3. The zero-order valence-corrected chi connectivity index (χ0v) is 19.2. The molecule has 14 heteroatoms. The van der Waals surface area contributed by atoms with Crippen LogP contribution in [-0.2, 0) is 12.7 Å². The summed E-state index contributed by atoms with van der Waals surface area (Å²) in [6.45, 7) is -1.23. The monoisotopic (exact) mass is 529 g/mol. The van der Waals surface area contributed by atoms with Crippen LogP contribution in [0.15, 0.2) is 36.7 Å². The molecule has 1 aliphatic rings. The molecule has 3 aromatic heterocycles. The Kier molecular flexibility index (Phi) is 6.05. The Labute approximate surface area is 205 Å². The number of aromatic nitrogens is 6. The van der Waals surface area contributed by atoms with E-state index in [0.29, 0.717) is 11.1 Å². The summed E-state index contributed by atoms with van der Waals surface area (Å²) in [5.74, 6) is 0.150. The lowest BCUT2D eigenvalue weighted by Gasteiger charge is -2.28. The maximum Gasteiger partial charge on any atom is 0.434 e. The molecular weight excluding hydrogens is 512 g/mol. The maximum atomic E-state index is 13.3. The number of hydrogen-bond donors (Lipinski definition) is 1. The smallest absolute Gasteiger partial charge is 0.346 e. The third kappa shape index (κ3) is 4.97. The van der Waals surface area contributed by atoms with Crippen molar-refractivity contribution in [2.75, 3.05) is 11.9 Å². The molecule has 36 heavy (non-hydrogen) atoms. The van der Waals surface area contributed by atoms with Gasteiger partial charge in [0.1, 0.15) is 17.9 Å². The van der Waals surface area contributed by atoms with Gasteiger partial charge in [-0.15, -0.1) is 0 Å². The number of alkyl halides is 6. The molecule has 4 aromatic rings. The van der Waals surface area contributed by atoms with Crippen molar-refractivity contribution in [3.63, 3.8) is 0 Å². The molecule has 3 heterocycles. The summed E-state index contributed by atoms with van der Waals surface area (Å²) >= 11 is 5.88. The lowest BCUT2D eigenvalue weighted by Crippen LogP contribution is -2.23. The van der Waals surface area contributed by atoms with Gasteiger partial charge < -0.3 is 9.88 Å². The normalized spacial score (nSPS) is 14.9. The van der Waals surface area contributed by atoms with Gasteiger partial charge in [0.05, 0.1) is 12.7 Å². The predicted octanol–water partition coefficient (Wildman–Crippen LogP) is 6.11. The van der Waals surface area contributed by atoms with Crippen molar-refractivity contribution >= 4 is 28.7 Å². The van der Waals surface area contributed by atoms with E-state index in [9.17, 15) is 26.3 Å². The summed E-state index contributed by atoms with van der Waals surface area (Å²) < 4.78 is 81.3. The standard InChI is InChI=1S/C22H18ClF6N7/c23-19-30-8-15-18(34-19)36(20(32-15)31-11-21(24,25)26)9-12-4-6-13(7-5-12)17-33-16(22(27,28)29)10-35(17)14-2-1-3-14/h4-8,10,14H,1-3,9,11H2,(H,31,32).